The monoisotopic (exact) mass is 482 g/mol. The summed E-state index contributed by atoms with van der Waals surface area (Å²) in [6, 6.07) is 14.5. The third-order valence-corrected chi connectivity index (χ3v) is 5.83. The number of amides is 2. The number of nitrogens with one attached hydrogen (secondary N) is 1. The van der Waals surface area contributed by atoms with E-state index < -0.39 is 0 Å². The molecule has 2 aromatic carbocycles. The molecule has 34 heavy (non-hydrogen) atoms. The maximum Gasteiger partial charge on any atom is 0.254 e. The van der Waals surface area contributed by atoms with E-state index in [9.17, 15) is 14.4 Å². The average molecular weight is 483 g/mol. The lowest BCUT2D eigenvalue weighted by atomic mass is 10.0. The molecule has 0 saturated carbocycles. The van der Waals surface area contributed by atoms with Crippen molar-refractivity contribution in [1.82, 2.24) is 9.91 Å². The van der Waals surface area contributed by atoms with E-state index in [1.165, 1.54) is 5.01 Å². The third kappa shape index (κ3) is 6.44. The smallest absolute Gasteiger partial charge is 0.254 e. The van der Waals surface area contributed by atoms with Gasteiger partial charge in [-0.3, -0.25) is 14.4 Å². The van der Waals surface area contributed by atoms with Crippen molar-refractivity contribution in [3.63, 3.8) is 0 Å². The summed E-state index contributed by atoms with van der Waals surface area (Å²) in [6.07, 6.45) is 0.834. The Hall–Kier alpha value is -3.19. The van der Waals surface area contributed by atoms with E-state index in [1.807, 2.05) is 44.7 Å². The summed E-state index contributed by atoms with van der Waals surface area (Å²) in [4.78, 5) is 39.4. The molecule has 0 saturated heterocycles. The number of nitrogens with zero attached hydrogens (tertiary/aromatic N) is 3. The fourth-order valence-corrected chi connectivity index (χ4v) is 4.07. The van der Waals surface area contributed by atoms with Gasteiger partial charge in [0.2, 0.25) is 5.91 Å². The molecular formula is C26H31ClN4O3. The van der Waals surface area contributed by atoms with Crippen LogP contribution in [0.4, 0.5) is 5.69 Å². The lowest BCUT2D eigenvalue weighted by Gasteiger charge is -2.30. The predicted octanol–water partition coefficient (Wildman–Crippen LogP) is 4.61. The summed E-state index contributed by atoms with van der Waals surface area (Å²) in [5, 5.41) is 9.33. The van der Waals surface area contributed by atoms with Crippen LogP contribution in [0.2, 0.25) is 5.02 Å². The minimum Gasteiger partial charge on any atom is -0.378 e. The summed E-state index contributed by atoms with van der Waals surface area (Å²) < 4.78 is 0. The average Bonchev–Trinajstić information content (AvgIpc) is 2.79. The molecule has 3 rings (SSSR count). The highest BCUT2D eigenvalue weighted by Gasteiger charge is 2.24. The third-order valence-electron chi connectivity index (χ3n) is 5.58. The van der Waals surface area contributed by atoms with Crippen molar-refractivity contribution in [2.75, 3.05) is 18.4 Å². The molecule has 0 fully saturated rings. The number of hydrogen-bond donors (Lipinski definition) is 1. The van der Waals surface area contributed by atoms with Crippen molar-refractivity contribution < 1.29 is 14.4 Å². The van der Waals surface area contributed by atoms with Crippen LogP contribution in [0.15, 0.2) is 53.6 Å². The van der Waals surface area contributed by atoms with Gasteiger partial charge in [0.05, 0.1) is 12.3 Å². The molecule has 0 spiro atoms. The standard InChI is InChI=1S/C26H31ClN4O3/c1-17(2)31(18(3)4)26(34)20-7-11-22(12-8-20)28-15-23(32)16-30-25(33)14-13-24(29-30)19-5-9-21(27)10-6-19/h5-12,17-18,28H,13-16H2,1-4H3. The number of carbonyl (C=O) groups is 3. The molecule has 1 aliphatic heterocycles. The van der Waals surface area contributed by atoms with Gasteiger partial charge in [-0.15, -0.1) is 0 Å². The van der Waals surface area contributed by atoms with Gasteiger partial charge >= 0.3 is 0 Å². The minimum atomic E-state index is -0.172. The molecule has 1 aliphatic rings. The molecule has 180 valence electrons. The highest BCUT2D eigenvalue weighted by atomic mass is 35.5. The lowest BCUT2D eigenvalue weighted by molar-refractivity contribution is -0.135. The molecular weight excluding hydrogens is 452 g/mol. The molecule has 0 radical (unpaired) electrons. The Labute approximate surface area is 205 Å². The number of rotatable bonds is 9. The Bertz CT molecular complexity index is 1050. The number of carbonyl (C=O) groups excluding carboxylic acids is 3. The van der Waals surface area contributed by atoms with Gasteiger partial charge in [0.1, 0.15) is 6.54 Å². The number of halogens is 1. The van der Waals surface area contributed by atoms with Crippen molar-refractivity contribution in [2.45, 2.75) is 52.6 Å². The Morgan fingerprint density at radius 2 is 1.62 bits per heavy atom. The minimum absolute atomic E-state index is 0.0226. The highest BCUT2D eigenvalue weighted by Crippen LogP contribution is 2.18. The maximum atomic E-state index is 12.8. The zero-order valence-electron chi connectivity index (χ0n) is 20.0. The summed E-state index contributed by atoms with van der Waals surface area (Å²) in [7, 11) is 0. The van der Waals surface area contributed by atoms with Gasteiger partial charge in [-0.05, 0) is 69.7 Å². The second kappa shape index (κ2) is 11.3. The second-order valence-electron chi connectivity index (χ2n) is 8.87. The molecule has 2 amide bonds. The van der Waals surface area contributed by atoms with E-state index in [-0.39, 0.29) is 42.8 Å². The summed E-state index contributed by atoms with van der Waals surface area (Å²) in [6.45, 7) is 7.93. The van der Waals surface area contributed by atoms with Crippen LogP contribution in [0.3, 0.4) is 0 Å². The first-order valence-electron chi connectivity index (χ1n) is 11.5. The van der Waals surface area contributed by atoms with Crippen LogP contribution in [0.5, 0.6) is 0 Å². The van der Waals surface area contributed by atoms with Crippen molar-refractivity contribution in [3.8, 4) is 0 Å². The SMILES string of the molecule is CC(C)N(C(=O)c1ccc(NCC(=O)CN2N=C(c3ccc(Cl)cc3)CCC2=O)cc1)C(C)C. The van der Waals surface area contributed by atoms with Crippen LogP contribution in [-0.4, -0.2) is 58.4 Å². The quantitative estimate of drug-likeness (QED) is 0.566. The van der Waals surface area contributed by atoms with E-state index in [2.05, 4.69) is 10.4 Å². The number of anilines is 1. The van der Waals surface area contributed by atoms with Gasteiger partial charge in [-0.25, -0.2) is 5.01 Å². The first-order valence-corrected chi connectivity index (χ1v) is 11.9. The fraction of sp³-hybridized carbons (Fsp3) is 0.385. The van der Waals surface area contributed by atoms with E-state index in [4.69, 9.17) is 11.6 Å². The Balaban J connectivity index is 1.58. The summed E-state index contributed by atoms with van der Waals surface area (Å²) in [5.74, 6) is -0.361. The van der Waals surface area contributed by atoms with E-state index in [0.717, 1.165) is 17.0 Å². The van der Waals surface area contributed by atoms with Gasteiger partial charge in [0.15, 0.2) is 5.78 Å². The number of hydrazone groups is 1. The molecule has 8 heteroatoms. The molecule has 2 aromatic rings. The molecule has 0 atom stereocenters. The van der Waals surface area contributed by atoms with Crippen molar-refractivity contribution >= 4 is 40.6 Å². The largest absolute Gasteiger partial charge is 0.378 e. The zero-order valence-corrected chi connectivity index (χ0v) is 20.8. The topological polar surface area (TPSA) is 82.1 Å². The van der Waals surface area contributed by atoms with E-state index in [1.54, 1.807) is 36.4 Å². The molecule has 0 bridgehead atoms. The highest BCUT2D eigenvalue weighted by molar-refractivity contribution is 6.30. The Kier molecular flexibility index (Phi) is 8.45. The van der Waals surface area contributed by atoms with E-state index in [0.29, 0.717) is 23.4 Å². The molecule has 7 nitrogen and oxygen atoms in total. The first-order chi connectivity index (χ1) is 16.2. The van der Waals surface area contributed by atoms with Crippen molar-refractivity contribution in [3.05, 3.63) is 64.7 Å². The van der Waals surface area contributed by atoms with Gasteiger partial charge < -0.3 is 10.2 Å². The van der Waals surface area contributed by atoms with Crippen molar-refractivity contribution in [2.24, 2.45) is 5.10 Å². The molecule has 0 aromatic heterocycles. The number of hydrogen-bond acceptors (Lipinski definition) is 5. The van der Waals surface area contributed by atoms with Crippen LogP contribution in [0, 0.1) is 0 Å². The predicted molar refractivity (Wildman–Crippen MR) is 135 cm³/mol. The van der Waals surface area contributed by atoms with E-state index >= 15 is 0 Å². The van der Waals surface area contributed by atoms with Gasteiger partial charge in [-0.1, -0.05) is 23.7 Å². The van der Waals surface area contributed by atoms with Crippen LogP contribution in [0.25, 0.3) is 0 Å². The number of Topliss-reactive ketones (excluding diaryl/α,β-unsaturated/α-hetero) is 1. The molecule has 1 heterocycles. The van der Waals surface area contributed by atoms with Crippen LogP contribution in [-0.2, 0) is 9.59 Å². The molecule has 0 unspecified atom stereocenters. The lowest BCUT2D eigenvalue weighted by Crippen LogP contribution is -2.42. The van der Waals surface area contributed by atoms with Gasteiger partial charge in [0.25, 0.3) is 5.91 Å². The summed E-state index contributed by atoms with van der Waals surface area (Å²) in [5.41, 5.74) is 2.97. The van der Waals surface area contributed by atoms with Gasteiger partial charge in [0, 0.05) is 41.2 Å². The zero-order chi connectivity index (χ0) is 24.8. The Morgan fingerprint density at radius 3 is 2.21 bits per heavy atom. The number of ketones is 1. The van der Waals surface area contributed by atoms with Crippen LogP contribution >= 0.6 is 11.6 Å². The van der Waals surface area contributed by atoms with Crippen LogP contribution < -0.4 is 5.32 Å². The number of benzene rings is 2. The van der Waals surface area contributed by atoms with Gasteiger partial charge in [-0.2, -0.15) is 5.10 Å². The molecule has 0 aliphatic carbocycles. The fourth-order valence-electron chi connectivity index (χ4n) is 3.94. The Morgan fingerprint density at radius 1 is 1.00 bits per heavy atom. The summed E-state index contributed by atoms with van der Waals surface area (Å²) >= 11 is 5.94. The maximum absolute atomic E-state index is 12.8. The molecule has 1 N–H and O–H groups in total. The van der Waals surface area contributed by atoms with Crippen LogP contribution in [0.1, 0.15) is 56.5 Å². The first kappa shape index (κ1) is 25.4. The normalized spacial score (nSPS) is 13.8. The second-order valence-corrected chi connectivity index (χ2v) is 9.31. The van der Waals surface area contributed by atoms with Crippen molar-refractivity contribution in [1.29, 1.82) is 0 Å².